The molecular weight excluding hydrogens is 481 g/mol. The van der Waals surface area contributed by atoms with Gasteiger partial charge in [-0.15, -0.1) is 0 Å². The van der Waals surface area contributed by atoms with Gasteiger partial charge in [-0.1, -0.05) is 27.5 Å². The molecule has 150 valence electrons. The summed E-state index contributed by atoms with van der Waals surface area (Å²) in [6.45, 7) is 6.01. The smallest absolute Gasteiger partial charge is 0.242 e. The molecule has 0 amide bonds. The van der Waals surface area contributed by atoms with Gasteiger partial charge >= 0.3 is 0 Å². The predicted octanol–water partition coefficient (Wildman–Crippen LogP) is 5.21. The average Bonchev–Trinajstić information content (AvgIpc) is 2.82. The zero-order valence-corrected chi connectivity index (χ0v) is 19.0. The Morgan fingerprint density at radius 2 is 2.11 bits per heavy atom. The van der Waals surface area contributed by atoms with Crippen molar-refractivity contribution in [3.05, 3.63) is 34.8 Å². The molecule has 1 heterocycles. The highest BCUT2D eigenvalue weighted by Gasteiger charge is 2.31. The van der Waals surface area contributed by atoms with Crippen molar-refractivity contribution in [2.24, 2.45) is 0 Å². The van der Waals surface area contributed by atoms with Gasteiger partial charge in [0.25, 0.3) is 0 Å². The summed E-state index contributed by atoms with van der Waals surface area (Å²) >= 11 is 7.10. The Kier molecular flexibility index (Phi) is 7.51. The molecule has 0 bridgehead atoms. The summed E-state index contributed by atoms with van der Waals surface area (Å²) in [6.07, 6.45) is 0.365. The summed E-state index contributed by atoms with van der Waals surface area (Å²) in [6, 6.07) is 4.04. The van der Waals surface area contributed by atoms with E-state index in [9.17, 15) is 13.7 Å². The predicted molar refractivity (Wildman–Crippen MR) is 110 cm³/mol. The van der Waals surface area contributed by atoms with E-state index in [1.807, 2.05) is 19.6 Å². The van der Waals surface area contributed by atoms with Crippen LogP contribution in [0.3, 0.4) is 0 Å². The minimum absolute atomic E-state index is 0.0536. The molecule has 2 aromatic rings. The summed E-state index contributed by atoms with van der Waals surface area (Å²) in [7, 11) is -2.13. The Labute approximate surface area is 173 Å². The lowest BCUT2D eigenvalue weighted by atomic mass is 10.1. The monoisotopic (exact) mass is 499 g/mol. The highest BCUT2D eigenvalue weighted by Crippen LogP contribution is 2.49. The lowest BCUT2D eigenvalue weighted by Crippen LogP contribution is -2.29. The zero-order chi connectivity index (χ0) is 20.4. The molecule has 11 heteroatoms. The summed E-state index contributed by atoms with van der Waals surface area (Å²) in [4.78, 5) is -0.435. The minimum Gasteiger partial charge on any atom is -0.539 e. The quantitative estimate of drug-likeness (QED) is 0.263. The summed E-state index contributed by atoms with van der Waals surface area (Å²) in [5.74, 6) is -0.566. The summed E-state index contributed by atoms with van der Waals surface area (Å²) < 4.78 is 48.0. The van der Waals surface area contributed by atoms with Crippen molar-refractivity contribution in [1.82, 2.24) is 4.72 Å². The minimum atomic E-state index is -2.13. The van der Waals surface area contributed by atoms with Crippen LogP contribution in [-0.2, 0) is 11.3 Å². The van der Waals surface area contributed by atoms with Crippen LogP contribution in [0.5, 0.6) is 11.5 Å². The Bertz CT molecular complexity index is 845. The number of aromatic hydroxyl groups is 1. The number of hydrogen-bond donors (Lipinski definition) is 3. The fraction of sp³-hybridized carbons (Fsp3) is 0.375. The molecule has 0 spiro atoms. The van der Waals surface area contributed by atoms with Crippen LogP contribution in [0.25, 0.3) is 11.3 Å². The van der Waals surface area contributed by atoms with Crippen LogP contribution < -0.4 is 9.15 Å². The number of alkyl halides is 1. The van der Waals surface area contributed by atoms with Crippen molar-refractivity contribution < 1.29 is 27.1 Å². The maximum absolute atomic E-state index is 14.3. The van der Waals surface area contributed by atoms with Gasteiger partial charge in [-0.3, -0.25) is 4.55 Å². The first-order chi connectivity index (χ1) is 12.5. The van der Waals surface area contributed by atoms with Crippen LogP contribution in [-0.4, -0.2) is 28.7 Å². The van der Waals surface area contributed by atoms with Gasteiger partial charge in [-0.2, -0.15) is 0 Å². The largest absolute Gasteiger partial charge is 0.539 e. The fourth-order valence-electron chi connectivity index (χ4n) is 2.30. The molecule has 0 radical (unpaired) electrons. The molecule has 1 aromatic heterocycles. The van der Waals surface area contributed by atoms with Crippen LogP contribution in [0.2, 0.25) is 24.7 Å². The average molecular weight is 501 g/mol. The summed E-state index contributed by atoms with van der Waals surface area (Å²) in [5.41, 5.74) is 0.0536. The number of rotatable bonds is 8. The van der Waals surface area contributed by atoms with E-state index in [0.717, 1.165) is 6.07 Å². The van der Waals surface area contributed by atoms with E-state index < -0.39 is 30.2 Å². The molecule has 2 rings (SSSR count). The molecule has 27 heavy (non-hydrogen) atoms. The second-order valence-corrected chi connectivity index (χ2v) is 13.5. The van der Waals surface area contributed by atoms with Crippen LogP contribution in [0.15, 0.2) is 22.6 Å². The molecule has 2 unspecified atom stereocenters. The highest BCUT2D eigenvalue weighted by atomic mass is 79.9. The Hall–Kier alpha value is -0.913. The van der Waals surface area contributed by atoms with E-state index in [1.54, 1.807) is 0 Å². The molecule has 2 atom stereocenters. The van der Waals surface area contributed by atoms with Crippen molar-refractivity contribution in [2.45, 2.75) is 30.9 Å². The van der Waals surface area contributed by atoms with Crippen LogP contribution >= 0.6 is 27.5 Å². The van der Waals surface area contributed by atoms with E-state index in [-0.39, 0.29) is 40.2 Å². The molecular formula is C16H20BrClFNO5SSi. The van der Waals surface area contributed by atoms with E-state index in [1.165, 1.54) is 12.1 Å². The second kappa shape index (κ2) is 9.06. The van der Waals surface area contributed by atoms with Crippen molar-refractivity contribution in [3.8, 4) is 22.8 Å². The SMILES string of the molecule is C[Si](C)(C)Oc1c(C(Br)CCNS(=O)O)oc(-c2ccc(Cl)cc2F)c1O. The summed E-state index contributed by atoms with van der Waals surface area (Å²) in [5, 5.41) is 10.9. The molecule has 1 aromatic carbocycles. The Morgan fingerprint density at radius 1 is 1.44 bits per heavy atom. The van der Waals surface area contributed by atoms with E-state index in [2.05, 4.69) is 20.7 Å². The van der Waals surface area contributed by atoms with Gasteiger partial charge in [0.1, 0.15) is 5.82 Å². The van der Waals surface area contributed by atoms with E-state index in [4.69, 9.17) is 25.0 Å². The van der Waals surface area contributed by atoms with Crippen molar-refractivity contribution in [2.75, 3.05) is 6.54 Å². The van der Waals surface area contributed by atoms with Gasteiger partial charge < -0.3 is 13.9 Å². The normalized spacial score (nSPS) is 14.2. The highest BCUT2D eigenvalue weighted by molar-refractivity contribution is 9.09. The maximum atomic E-state index is 14.3. The van der Waals surface area contributed by atoms with Gasteiger partial charge in [0.15, 0.2) is 17.3 Å². The van der Waals surface area contributed by atoms with E-state index in [0.29, 0.717) is 6.42 Å². The van der Waals surface area contributed by atoms with E-state index >= 15 is 0 Å². The lowest BCUT2D eigenvalue weighted by molar-refractivity contribution is 0.438. The van der Waals surface area contributed by atoms with Crippen LogP contribution in [0.1, 0.15) is 17.0 Å². The standard InChI is InChI=1S/C16H20BrClFNO5SSi/c1-27(2,3)25-16-13(21)14(10-5-4-9(18)8-12(10)19)24-15(16)11(17)6-7-20-26(22)23/h4-5,8,11,20-21H,6-7H2,1-3H3,(H,22,23). The molecule has 0 saturated heterocycles. The molecule has 0 aliphatic heterocycles. The number of nitrogens with one attached hydrogen (secondary N) is 1. The Morgan fingerprint density at radius 3 is 2.67 bits per heavy atom. The van der Waals surface area contributed by atoms with Gasteiger partial charge in [0, 0.05) is 11.6 Å². The first-order valence-corrected chi connectivity index (χ1v) is 13.8. The number of halogens is 3. The van der Waals surface area contributed by atoms with Crippen molar-refractivity contribution in [1.29, 1.82) is 0 Å². The molecule has 0 fully saturated rings. The Balaban J connectivity index is 2.46. The van der Waals surface area contributed by atoms with Gasteiger partial charge in [-0.05, 0) is 44.3 Å². The van der Waals surface area contributed by atoms with Crippen molar-refractivity contribution >= 4 is 47.1 Å². The first kappa shape index (κ1) is 22.4. The third kappa shape index (κ3) is 6.03. The number of furan rings is 1. The van der Waals surface area contributed by atoms with Gasteiger partial charge in [0.2, 0.25) is 25.3 Å². The first-order valence-electron chi connectivity index (χ1n) is 7.98. The van der Waals surface area contributed by atoms with Gasteiger partial charge in [-0.25, -0.2) is 13.3 Å². The van der Waals surface area contributed by atoms with Crippen molar-refractivity contribution in [3.63, 3.8) is 0 Å². The third-order valence-corrected chi connectivity index (χ3v) is 5.73. The number of benzene rings is 1. The third-order valence-electron chi connectivity index (χ3n) is 3.36. The lowest BCUT2D eigenvalue weighted by Gasteiger charge is -2.20. The molecule has 0 saturated carbocycles. The molecule has 0 aliphatic rings. The van der Waals surface area contributed by atoms with Gasteiger partial charge in [0.05, 0.1) is 10.4 Å². The fourth-order valence-corrected chi connectivity index (χ4v) is 4.09. The van der Waals surface area contributed by atoms with Crippen LogP contribution in [0, 0.1) is 5.82 Å². The topological polar surface area (TPSA) is 91.9 Å². The maximum Gasteiger partial charge on any atom is 0.242 e. The van der Waals surface area contributed by atoms with Crippen LogP contribution in [0.4, 0.5) is 4.39 Å². The zero-order valence-electron chi connectivity index (χ0n) is 14.9. The molecule has 0 aliphatic carbocycles. The number of hydrogen-bond acceptors (Lipinski definition) is 4. The molecule has 3 N–H and O–H groups in total. The second-order valence-electron chi connectivity index (χ2n) is 6.71. The molecule has 6 nitrogen and oxygen atoms in total.